The van der Waals surface area contributed by atoms with Crippen LogP contribution >= 0.6 is 0 Å². The molecule has 0 heteroatoms. The quantitative estimate of drug-likeness (QED) is 0.529. The zero-order valence-corrected chi connectivity index (χ0v) is 16.3. The van der Waals surface area contributed by atoms with Crippen molar-refractivity contribution < 1.29 is 0 Å². The highest BCUT2D eigenvalue weighted by Crippen LogP contribution is 2.46. The highest BCUT2D eigenvalue weighted by atomic mass is 14.4. The number of benzene rings is 1. The summed E-state index contributed by atoms with van der Waals surface area (Å²) in [5.41, 5.74) is 3.08. The van der Waals surface area contributed by atoms with Gasteiger partial charge in [0.1, 0.15) is 0 Å². The van der Waals surface area contributed by atoms with Crippen LogP contribution in [0, 0.1) is 23.7 Å². The topological polar surface area (TPSA) is 0 Å². The van der Waals surface area contributed by atoms with E-state index in [1.807, 2.05) is 0 Å². The van der Waals surface area contributed by atoms with Gasteiger partial charge in [-0.1, -0.05) is 70.7 Å². The van der Waals surface area contributed by atoms with Gasteiger partial charge in [0, 0.05) is 0 Å². The Balaban J connectivity index is 1.53. The van der Waals surface area contributed by atoms with Gasteiger partial charge in [-0.3, -0.25) is 0 Å². The molecule has 0 amide bonds. The Bertz CT molecular complexity index is 477. The van der Waals surface area contributed by atoms with Crippen LogP contribution in [0.5, 0.6) is 0 Å². The number of hydrogen-bond acceptors (Lipinski definition) is 0. The summed E-state index contributed by atoms with van der Waals surface area (Å²) in [6, 6.07) is 9.53. The fourth-order valence-electron chi connectivity index (χ4n) is 5.72. The van der Waals surface area contributed by atoms with Gasteiger partial charge in [-0.05, 0) is 79.2 Å². The maximum absolute atomic E-state index is 2.52. The van der Waals surface area contributed by atoms with Crippen molar-refractivity contribution in [1.29, 1.82) is 0 Å². The molecule has 2 aliphatic carbocycles. The summed E-state index contributed by atoms with van der Waals surface area (Å²) in [6.45, 7) is 7.12. The first kappa shape index (κ1) is 18.0. The maximum atomic E-state index is 2.52. The summed E-state index contributed by atoms with van der Waals surface area (Å²) in [5, 5.41) is 0. The van der Waals surface area contributed by atoms with Crippen molar-refractivity contribution in [3.8, 4) is 0 Å². The van der Waals surface area contributed by atoms with Crippen LogP contribution in [0.4, 0.5) is 0 Å². The van der Waals surface area contributed by atoms with Gasteiger partial charge in [0.2, 0.25) is 0 Å². The lowest BCUT2D eigenvalue weighted by Crippen LogP contribution is -2.29. The molecule has 24 heavy (non-hydrogen) atoms. The molecule has 0 radical (unpaired) electrons. The van der Waals surface area contributed by atoms with Gasteiger partial charge < -0.3 is 0 Å². The van der Waals surface area contributed by atoms with Crippen molar-refractivity contribution in [2.75, 3.05) is 0 Å². The average molecular weight is 327 g/mol. The van der Waals surface area contributed by atoms with Gasteiger partial charge in [0.05, 0.1) is 0 Å². The maximum Gasteiger partial charge on any atom is -0.0136 e. The second-order valence-electron chi connectivity index (χ2n) is 8.82. The number of rotatable bonds is 5. The second-order valence-corrected chi connectivity index (χ2v) is 8.82. The van der Waals surface area contributed by atoms with Gasteiger partial charge in [0.25, 0.3) is 0 Å². The van der Waals surface area contributed by atoms with Crippen LogP contribution in [-0.2, 0) is 6.42 Å². The molecule has 0 bridgehead atoms. The fraction of sp³-hybridized carbons (Fsp3) is 0.750. The highest BCUT2D eigenvalue weighted by molar-refractivity contribution is 5.26. The zero-order valence-electron chi connectivity index (χ0n) is 16.3. The lowest BCUT2D eigenvalue weighted by Gasteiger charge is -2.41. The first-order valence-electron chi connectivity index (χ1n) is 10.8. The average Bonchev–Trinajstić information content (AvgIpc) is 2.63. The van der Waals surface area contributed by atoms with E-state index in [4.69, 9.17) is 0 Å². The molecular weight excluding hydrogens is 288 g/mol. The van der Waals surface area contributed by atoms with E-state index in [0.29, 0.717) is 0 Å². The number of hydrogen-bond donors (Lipinski definition) is 0. The van der Waals surface area contributed by atoms with Crippen molar-refractivity contribution >= 4 is 0 Å². The van der Waals surface area contributed by atoms with Gasteiger partial charge in [-0.2, -0.15) is 0 Å². The van der Waals surface area contributed by atoms with E-state index in [1.165, 1.54) is 63.4 Å². The molecular formula is C24H38. The molecule has 0 aliphatic heterocycles. The summed E-state index contributed by atoms with van der Waals surface area (Å²) in [4.78, 5) is 0. The summed E-state index contributed by atoms with van der Waals surface area (Å²) < 4.78 is 0. The summed E-state index contributed by atoms with van der Waals surface area (Å²) >= 11 is 0. The highest BCUT2D eigenvalue weighted by Gasteiger charge is 2.34. The fourth-order valence-corrected chi connectivity index (χ4v) is 5.72. The Hall–Kier alpha value is -0.780. The van der Waals surface area contributed by atoms with Gasteiger partial charge in [-0.25, -0.2) is 0 Å². The normalized spacial score (nSPS) is 34.2. The zero-order chi connectivity index (χ0) is 16.9. The van der Waals surface area contributed by atoms with Crippen molar-refractivity contribution in [2.24, 2.45) is 23.7 Å². The van der Waals surface area contributed by atoms with E-state index < -0.39 is 0 Å². The molecule has 3 rings (SSSR count). The van der Waals surface area contributed by atoms with E-state index in [2.05, 4.69) is 45.0 Å². The van der Waals surface area contributed by atoms with E-state index >= 15 is 0 Å². The van der Waals surface area contributed by atoms with Crippen LogP contribution < -0.4 is 0 Å². The molecule has 2 fully saturated rings. The van der Waals surface area contributed by atoms with Crippen molar-refractivity contribution in [3.05, 3.63) is 35.4 Å². The first-order valence-corrected chi connectivity index (χ1v) is 10.8. The largest absolute Gasteiger partial charge is 0.0654 e. The van der Waals surface area contributed by atoms with Crippen LogP contribution in [0.2, 0.25) is 0 Å². The molecule has 0 nitrogen and oxygen atoms in total. The molecule has 0 N–H and O–H groups in total. The molecule has 2 aliphatic rings. The summed E-state index contributed by atoms with van der Waals surface area (Å²) in [7, 11) is 0. The van der Waals surface area contributed by atoms with Crippen molar-refractivity contribution in [1.82, 2.24) is 0 Å². The Morgan fingerprint density at radius 3 is 2.08 bits per heavy atom. The Kier molecular flexibility index (Phi) is 6.42. The smallest absolute Gasteiger partial charge is 0.0136 e. The van der Waals surface area contributed by atoms with E-state index in [9.17, 15) is 0 Å². The van der Waals surface area contributed by atoms with Crippen molar-refractivity contribution in [2.45, 2.75) is 90.9 Å². The first-order chi connectivity index (χ1) is 11.7. The summed E-state index contributed by atoms with van der Waals surface area (Å²) in [5.74, 6) is 4.79. The second kappa shape index (κ2) is 8.54. The van der Waals surface area contributed by atoms with Crippen LogP contribution in [0.25, 0.3) is 0 Å². The van der Waals surface area contributed by atoms with Gasteiger partial charge in [-0.15, -0.1) is 0 Å². The van der Waals surface area contributed by atoms with E-state index in [-0.39, 0.29) is 0 Å². The molecule has 134 valence electrons. The van der Waals surface area contributed by atoms with Crippen LogP contribution in [0.3, 0.4) is 0 Å². The molecule has 3 atom stereocenters. The van der Waals surface area contributed by atoms with E-state index in [0.717, 1.165) is 36.0 Å². The minimum atomic E-state index is 0.809. The predicted molar refractivity (Wildman–Crippen MR) is 105 cm³/mol. The Morgan fingerprint density at radius 2 is 1.50 bits per heavy atom. The van der Waals surface area contributed by atoms with Crippen molar-refractivity contribution in [3.63, 3.8) is 0 Å². The minimum absolute atomic E-state index is 0.809. The third kappa shape index (κ3) is 4.24. The Labute approximate surface area is 150 Å². The SMILES string of the molecule is CCC[C@H]1CC[C@H](C2CCC(c3ccc(CC)cc3)C(C)C2)CC1. The summed E-state index contributed by atoms with van der Waals surface area (Å²) in [6.07, 6.45) is 14.5. The third-order valence-electron chi connectivity index (χ3n) is 7.28. The van der Waals surface area contributed by atoms with Crippen LogP contribution in [0.1, 0.15) is 95.6 Å². The lowest BCUT2D eigenvalue weighted by molar-refractivity contribution is 0.130. The lowest BCUT2D eigenvalue weighted by atomic mass is 9.65. The van der Waals surface area contributed by atoms with Gasteiger partial charge in [0.15, 0.2) is 0 Å². The predicted octanol–water partition coefficient (Wildman–Crippen LogP) is 7.38. The standard InChI is InChI=1S/C24H38/c1-4-6-20-9-11-21(12-10-20)23-15-16-24(18(3)17-23)22-13-7-19(5-2)8-14-22/h7-8,13-14,18,20-21,23-24H,4-6,9-12,15-17H2,1-3H3/t18?,20-,21-,23?,24?. The Morgan fingerprint density at radius 1 is 0.833 bits per heavy atom. The molecule has 0 heterocycles. The molecule has 1 aromatic carbocycles. The van der Waals surface area contributed by atoms with Crippen LogP contribution in [-0.4, -0.2) is 0 Å². The monoisotopic (exact) mass is 326 g/mol. The molecule has 1 aromatic rings. The molecule has 2 saturated carbocycles. The molecule has 3 unspecified atom stereocenters. The molecule has 0 aromatic heterocycles. The van der Waals surface area contributed by atoms with Gasteiger partial charge >= 0.3 is 0 Å². The number of aryl methyl sites for hydroxylation is 1. The van der Waals surface area contributed by atoms with Crippen LogP contribution in [0.15, 0.2) is 24.3 Å². The molecule has 0 spiro atoms. The molecule has 0 saturated heterocycles. The van der Waals surface area contributed by atoms with E-state index in [1.54, 1.807) is 5.56 Å². The third-order valence-corrected chi connectivity index (χ3v) is 7.28. The minimum Gasteiger partial charge on any atom is -0.0654 e.